The number of pyridine rings is 1. The molecule has 0 unspecified atom stereocenters. The van der Waals surface area contributed by atoms with Gasteiger partial charge in [-0.05, 0) is 49.7 Å². The number of hydrogen-bond donors (Lipinski definition) is 0. The van der Waals surface area contributed by atoms with Crippen LogP contribution in [0.1, 0.15) is 41.6 Å². The van der Waals surface area contributed by atoms with Crippen molar-refractivity contribution in [3.63, 3.8) is 0 Å². The highest BCUT2D eigenvalue weighted by atomic mass is 16.2. The maximum atomic E-state index is 12.9. The van der Waals surface area contributed by atoms with Crippen LogP contribution in [0.4, 0.5) is 5.69 Å². The maximum Gasteiger partial charge on any atom is 0.255 e. The van der Waals surface area contributed by atoms with Gasteiger partial charge in [-0.3, -0.25) is 9.78 Å². The van der Waals surface area contributed by atoms with Crippen molar-refractivity contribution in [1.82, 2.24) is 9.88 Å². The Morgan fingerprint density at radius 3 is 2.46 bits per heavy atom. The standard InChI is InChI=1S/C22H27N3O/c26-22(20-15-21(17-23-16-20)24-10-4-5-11-24)25-12-8-19(9-13-25)14-18-6-2-1-3-7-18/h1-3,6-7,15-17,19H,4-5,8-14H2. The van der Waals surface area contributed by atoms with Crippen LogP contribution < -0.4 is 4.90 Å². The number of nitrogens with zero attached hydrogens (tertiary/aromatic N) is 3. The monoisotopic (exact) mass is 349 g/mol. The molecule has 4 heteroatoms. The minimum atomic E-state index is 0.136. The number of carbonyl (C=O) groups is 1. The van der Waals surface area contributed by atoms with Crippen LogP contribution >= 0.6 is 0 Å². The number of amides is 1. The summed E-state index contributed by atoms with van der Waals surface area (Å²) in [4.78, 5) is 21.6. The summed E-state index contributed by atoms with van der Waals surface area (Å²) in [6.45, 7) is 3.85. The van der Waals surface area contributed by atoms with E-state index < -0.39 is 0 Å². The number of benzene rings is 1. The van der Waals surface area contributed by atoms with Gasteiger partial charge in [0.1, 0.15) is 0 Å². The zero-order chi connectivity index (χ0) is 17.8. The van der Waals surface area contributed by atoms with E-state index in [-0.39, 0.29) is 5.91 Å². The van der Waals surface area contributed by atoms with E-state index in [4.69, 9.17) is 0 Å². The Labute approximate surface area is 155 Å². The molecule has 3 heterocycles. The van der Waals surface area contributed by atoms with Crippen molar-refractivity contribution in [1.29, 1.82) is 0 Å². The van der Waals surface area contributed by atoms with Gasteiger partial charge in [0.05, 0.1) is 17.4 Å². The summed E-state index contributed by atoms with van der Waals surface area (Å²) in [6.07, 6.45) is 9.35. The van der Waals surface area contributed by atoms with Crippen molar-refractivity contribution < 1.29 is 4.79 Å². The Kier molecular flexibility index (Phi) is 5.19. The third-order valence-corrected chi connectivity index (χ3v) is 5.71. The summed E-state index contributed by atoms with van der Waals surface area (Å²) >= 11 is 0. The molecule has 4 nitrogen and oxygen atoms in total. The highest BCUT2D eigenvalue weighted by Crippen LogP contribution is 2.24. The predicted molar refractivity (Wildman–Crippen MR) is 104 cm³/mol. The van der Waals surface area contributed by atoms with Crippen molar-refractivity contribution in [2.24, 2.45) is 5.92 Å². The van der Waals surface area contributed by atoms with Gasteiger partial charge in [0.25, 0.3) is 5.91 Å². The first-order chi connectivity index (χ1) is 12.8. The molecule has 0 N–H and O–H groups in total. The Balaban J connectivity index is 1.35. The van der Waals surface area contributed by atoms with E-state index in [1.807, 2.05) is 17.2 Å². The zero-order valence-corrected chi connectivity index (χ0v) is 15.3. The molecule has 1 amide bonds. The highest BCUT2D eigenvalue weighted by molar-refractivity contribution is 5.94. The van der Waals surface area contributed by atoms with Crippen LogP contribution in [0.2, 0.25) is 0 Å². The maximum absolute atomic E-state index is 12.9. The molecule has 0 spiro atoms. The summed E-state index contributed by atoms with van der Waals surface area (Å²) < 4.78 is 0. The van der Waals surface area contributed by atoms with Gasteiger partial charge in [0, 0.05) is 32.4 Å². The second-order valence-corrected chi connectivity index (χ2v) is 7.55. The fraction of sp³-hybridized carbons (Fsp3) is 0.455. The van der Waals surface area contributed by atoms with Gasteiger partial charge in [-0.15, -0.1) is 0 Å². The summed E-state index contributed by atoms with van der Waals surface area (Å²) in [6, 6.07) is 12.7. The molecule has 2 fully saturated rings. The second-order valence-electron chi connectivity index (χ2n) is 7.55. The molecule has 0 atom stereocenters. The number of rotatable bonds is 4. The zero-order valence-electron chi connectivity index (χ0n) is 15.3. The molecule has 2 aromatic rings. The van der Waals surface area contributed by atoms with E-state index >= 15 is 0 Å². The number of anilines is 1. The molecule has 136 valence electrons. The molecule has 0 saturated carbocycles. The Morgan fingerprint density at radius 2 is 1.73 bits per heavy atom. The van der Waals surface area contributed by atoms with E-state index in [0.717, 1.165) is 56.7 Å². The summed E-state index contributed by atoms with van der Waals surface area (Å²) in [7, 11) is 0. The molecule has 26 heavy (non-hydrogen) atoms. The number of aromatic nitrogens is 1. The van der Waals surface area contributed by atoms with E-state index in [9.17, 15) is 4.79 Å². The van der Waals surface area contributed by atoms with Gasteiger partial charge in [-0.25, -0.2) is 0 Å². The van der Waals surface area contributed by atoms with Gasteiger partial charge in [-0.1, -0.05) is 30.3 Å². The molecule has 4 rings (SSSR count). The van der Waals surface area contributed by atoms with E-state index in [1.165, 1.54) is 18.4 Å². The van der Waals surface area contributed by atoms with Crippen LogP contribution in [0.15, 0.2) is 48.8 Å². The van der Waals surface area contributed by atoms with E-state index in [1.54, 1.807) is 6.20 Å². The summed E-state index contributed by atoms with van der Waals surface area (Å²) in [5.74, 6) is 0.812. The lowest BCUT2D eigenvalue weighted by atomic mass is 9.90. The van der Waals surface area contributed by atoms with Crippen LogP contribution in [0.5, 0.6) is 0 Å². The Hall–Kier alpha value is -2.36. The molecule has 1 aromatic carbocycles. The van der Waals surface area contributed by atoms with Crippen LogP contribution in [0.25, 0.3) is 0 Å². The topological polar surface area (TPSA) is 36.4 Å². The normalized spacial score (nSPS) is 18.3. The predicted octanol–water partition coefficient (Wildman–Crippen LogP) is 3.78. The minimum absolute atomic E-state index is 0.136. The molecule has 0 radical (unpaired) electrons. The van der Waals surface area contributed by atoms with Crippen LogP contribution in [0, 0.1) is 5.92 Å². The molecular formula is C22H27N3O. The van der Waals surface area contributed by atoms with Gasteiger partial charge in [0.15, 0.2) is 0 Å². The SMILES string of the molecule is O=C(c1cncc(N2CCCC2)c1)N1CCC(Cc2ccccc2)CC1. The third kappa shape index (κ3) is 3.90. The molecular weight excluding hydrogens is 322 g/mol. The smallest absolute Gasteiger partial charge is 0.255 e. The average molecular weight is 349 g/mol. The molecule has 2 aliphatic heterocycles. The van der Waals surface area contributed by atoms with Gasteiger partial charge in [0.2, 0.25) is 0 Å². The van der Waals surface area contributed by atoms with Crippen molar-refractivity contribution in [2.45, 2.75) is 32.1 Å². The van der Waals surface area contributed by atoms with Crippen LogP contribution in [-0.4, -0.2) is 42.0 Å². The van der Waals surface area contributed by atoms with E-state index in [0.29, 0.717) is 5.92 Å². The number of hydrogen-bond acceptors (Lipinski definition) is 3. The van der Waals surface area contributed by atoms with Crippen molar-refractivity contribution in [3.05, 3.63) is 59.9 Å². The first-order valence-corrected chi connectivity index (χ1v) is 9.83. The molecule has 0 bridgehead atoms. The number of likely N-dealkylation sites (tertiary alicyclic amines) is 1. The minimum Gasteiger partial charge on any atom is -0.370 e. The largest absolute Gasteiger partial charge is 0.370 e. The molecule has 0 aliphatic carbocycles. The molecule has 2 aliphatic rings. The average Bonchev–Trinajstić information content (AvgIpc) is 3.24. The highest BCUT2D eigenvalue weighted by Gasteiger charge is 2.24. The fourth-order valence-corrected chi connectivity index (χ4v) is 4.16. The lowest BCUT2D eigenvalue weighted by Crippen LogP contribution is -2.39. The second kappa shape index (κ2) is 7.90. The van der Waals surface area contributed by atoms with Gasteiger partial charge >= 0.3 is 0 Å². The van der Waals surface area contributed by atoms with Crippen molar-refractivity contribution in [3.8, 4) is 0 Å². The van der Waals surface area contributed by atoms with Crippen LogP contribution in [0.3, 0.4) is 0 Å². The number of piperidine rings is 1. The third-order valence-electron chi connectivity index (χ3n) is 5.71. The summed E-state index contributed by atoms with van der Waals surface area (Å²) in [5.41, 5.74) is 3.23. The van der Waals surface area contributed by atoms with Gasteiger partial charge in [-0.2, -0.15) is 0 Å². The Bertz CT molecular complexity index is 732. The van der Waals surface area contributed by atoms with Gasteiger partial charge < -0.3 is 9.80 Å². The first-order valence-electron chi connectivity index (χ1n) is 9.83. The summed E-state index contributed by atoms with van der Waals surface area (Å²) in [5, 5.41) is 0. The lowest BCUT2D eigenvalue weighted by molar-refractivity contribution is 0.0690. The number of carbonyl (C=O) groups excluding carboxylic acids is 1. The Morgan fingerprint density at radius 1 is 1.00 bits per heavy atom. The van der Waals surface area contributed by atoms with E-state index in [2.05, 4.69) is 40.2 Å². The fourth-order valence-electron chi connectivity index (χ4n) is 4.16. The first kappa shape index (κ1) is 17.1. The van der Waals surface area contributed by atoms with Crippen molar-refractivity contribution in [2.75, 3.05) is 31.1 Å². The van der Waals surface area contributed by atoms with Crippen LogP contribution in [-0.2, 0) is 6.42 Å². The van der Waals surface area contributed by atoms with Crippen molar-refractivity contribution >= 4 is 11.6 Å². The molecule has 1 aromatic heterocycles. The quantitative estimate of drug-likeness (QED) is 0.843. The molecule has 2 saturated heterocycles. The lowest BCUT2D eigenvalue weighted by Gasteiger charge is -2.32.